The van der Waals surface area contributed by atoms with Crippen molar-refractivity contribution in [2.75, 3.05) is 18.9 Å². The van der Waals surface area contributed by atoms with Crippen LogP contribution in [-0.2, 0) is 4.74 Å². The van der Waals surface area contributed by atoms with E-state index in [1.165, 1.54) is 10.9 Å². The Kier molecular flexibility index (Phi) is 4.61. The number of fused-ring (bicyclic) bond motifs is 1. The van der Waals surface area contributed by atoms with Crippen LogP contribution < -0.4 is 5.73 Å². The maximum atomic E-state index is 10.1. The maximum Gasteiger partial charge on any atom is 0.208 e. The molecule has 0 amide bonds. The number of aliphatic hydroxyl groups excluding tert-OH is 4. The molecule has 0 aromatic carbocycles. The average molecular weight is 335 g/mol. The molecule has 2 aromatic rings. The van der Waals surface area contributed by atoms with Gasteiger partial charge in [-0.05, 0) is 5.92 Å². The van der Waals surface area contributed by atoms with Gasteiger partial charge in [-0.3, -0.25) is 4.57 Å². The summed E-state index contributed by atoms with van der Waals surface area (Å²) in [4.78, 5) is 12.4. The number of aromatic nitrogens is 4. The van der Waals surface area contributed by atoms with E-state index < -0.39 is 31.1 Å². The number of nitrogens with zero attached hydrogens (tertiary/aromatic N) is 4. The molecule has 4 unspecified atom stereocenters. The molecule has 0 bridgehead atoms. The molecule has 3 rings (SSSR count). The van der Waals surface area contributed by atoms with Gasteiger partial charge in [-0.25, -0.2) is 15.0 Å². The molecule has 0 radical (unpaired) electrons. The zero-order chi connectivity index (χ0) is 17.3. The van der Waals surface area contributed by atoms with E-state index in [2.05, 4.69) is 26.8 Å². The van der Waals surface area contributed by atoms with Crippen LogP contribution in [0.15, 0.2) is 6.33 Å². The highest BCUT2D eigenvalue weighted by molar-refractivity contribution is 5.82. The van der Waals surface area contributed by atoms with Crippen molar-refractivity contribution in [3.05, 3.63) is 12.2 Å². The minimum absolute atomic E-state index is 0.0782. The predicted octanol–water partition coefficient (Wildman–Crippen LogP) is -2.25. The van der Waals surface area contributed by atoms with Gasteiger partial charge in [0.1, 0.15) is 23.8 Å². The van der Waals surface area contributed by atoms with Crippen LogP contribution in [0, 0.1) is 11.8 Å². The number of imidazole rings is 1. The van der Waals surface area contributed by atoms with E-state index >= 15 is 0 Å². The third-order valence-electron chi connectivity index (χ3n) is 3.68. The SMILES string of the molecule is Nc1nc(C#CCCO)nc2c1ncn2C1OC(CO)C(O)C1O. The lowest BCUT2D eigenvalue weighted by Crippen LogP contribution is -2.33. The van der Waals surface area contributed by atoms with Gasteiger partial charge in [-0.2, -0.15) is 0 Å². The zero-order valence-electron chi connectivity index (χ0n) is 12.6. The quantitative estimate of drug-likeness (QED) is 0.390. The molecule has 3 heterocycles. The lowest BCUT2D eigenvalue weighted by atomic mass is 10.1. The summed E-state index contributed by atoms with van der Waals surface area (Å²) in [6.07, 6.45) is -2.75. The van der Waals surface area contributed by atoms with Crippen LogP contribution in [0.2, 0.25) is 0 Å². The number of aliphatic hydroxyl groups is 4. The van der Waals surface area contributed by atoms with Crippen LogP contribution in [0.25, 0.3) is 11.2 Å². The van der Waals surface area contributed by atoms with E-state index in [9.17, 15) is 15.3 Å². The first-order valence-corrected chi connectivity index (χ1v) is 7.29. The van der Waals surface area contributed by atoms with Gasteiger partial charge in [0.15, 0.2) is 17.7 Å². The molecule has 2 aromatic heterocycles. The predicted molar refractivity (Wildman–Crippen MR) is 81.3 cm³/mol. The number of ether oxygens (including phenoxy) is 1. The van der Waals surface area contributed by atoms with E-state index in [0.717, 1.165) is 0 Å². The van der Waals surface area contributed by atoms with Gasteiger partial charge in [-0.15, -0.1) is 0 Å². The number of hydrogen-bond acceptors (Lipinski definition) is 9. The van der Waals surface area contributed by atoms with E-state index in [1.54, 1.807) is 0 Å². The molecule has 1 fully saturated rings. The van der Waals surface area contributed by atoms with Crippen molar-refractivity contribution in [2.24, 2.45) is 0 Å². The standard InChI is InChI=1S/C14H17N5O5/c15-12-9-13(18-8(17-12)3-1-2-4-20)19(6-16-9)14-11(23)10(22)7(5-21)24-14/h6-7,10-11,14,20-23H,2,4-5H2,(H2,15,17,18). The zero-order valence-corrected chi connectivity index (χ0v) is 12.6. The Morgan fingerprint density at radius 2 is 2.04 bits per heavy atom. The molecule has 6 N–H and O–H groups in total. The van der Waals surface area contributed by atoms with Crippen molar-refractivity contribution >= 4 is 17.0 Å². The Labute approximate surface area is 136 Å². The van der Waals surface area contributed by atoms with E-state index in [4.69, 9.17) is 15.6 Å². The highest BCUT2D eigenvalue weighted by atomic mass is 16.6. The largest absolute Gasteiger partial charge is 0.395 e. The molecule has 0 aliphatic carbocycles. The fourth-order valence-corrected chi connectivity index (χ4v) is 2.49. The van der Waals surface area contributed by atoms with Crippen molar-refractivity contribution in [1.82, 2.24) is 19.5 Å². The Morgan fingerprint density at radius 1 is 1.25 bits per heavy atom. The van der Waals surface area contributed by atoms with Crippen LogP contribution in [0.3, 0.4) is 0 Å². The molecule has 1 aliphatic rings. The van der Waals surface area contributed by atoms with Crippen molar-refractivity contribution < 1.29 is 25.2 Å². The summed E-state index contributed by atoms with van der Waals surface area (Å²) in [7, 11) is 0. The molecule has 10 heteroatoms. The Hall–Kier alpha value is -2.29. The highest BCUT2D eigenvalue weighted by Gasteiger charge is 2.44. The van der Waals surface area contributed by atoms with E-state index in [1.807, 2.05) is 0 Å². The fourth-order valence-electron chi connectivity index (χ4n) is 2.49. The fraction of sp³-hybridized carbons (Fsp3) is 0.500. The van der Waals surface area contributed by atoms with Crippen LogP contribution in [0.4, 0.5) is 5.82 Å². The van der Waals surface area contributed by atoms with Crippen molar-refractivity contribution in [3.8, 4) is 11.8 Å². The number of nitrogen functional groups attached to an aromatic ring is 1. The maximum absolute atomic E-state index is 10.1. The lowest BCUT2D eigenvalue weighted by Gasteiger charge is -2.16. The highest BCUT2D eigenvalue weighted by Crippen LogP contribution is 2.31. The summed E-state index contributed by atoms with van der Waals surface area (Å²) in [6.45, 7) is -0.512. The summed E-state index contributed by atoms with van der Waals surface area (Å²) in [5.74, 6) is 5.62. The minimum atomic E-state index is -1.26. The van der Waals surface area contributed by atoms with Gasteiger partial charge < -0.3 is 30.9 Å². The first-order chi connectivity index (χ1) is 11.6. The first-order valence-electron chi connectivity index (χ1n) is 7.29. The van der Waals surface area contributed by atoms with Gasteiger partial charge in [0.25, 0.3) is 0 Å². The average Bonchev–Trinajstić information content (AvgIpc) is 3.10. The Morgan fingerprint density at radius 3 is 2.71 bits per heavy atom. The number of anilines is 1. The second-order valence-electron chi connectivity index (χ2n) is 5.26. The summed E-state index contributed by atoms with van der Waals surface area (Å²) in [5, 5.41) is 38.0. The van der Waals surface area contributed by atoms with Gasteiger partial charge in [0.2, 0.25) is 5.82 Å². The number of rotatable bonds is 3. The van der Waals surface area contributed by atoms with Crippen LogP contribution in [0.1, 0.15) is 18.5 Å². The van der Waals surface area contributed by atoms with Crippen LogP contribution in [0.5, 0.6) is 0 Å². The third-order valence-corrected chi connectivity index (χ3v) is 3.68. The molecule has 0 saturated carbocycles. The second-order valence-corrected chi connectivity index (χ2v) is 5.26. The normalized spacial score (nSPS) is 26.5. The number of hydrogen-bond donors (Lipinski definition) is 5. The first kappa shape index (κ1) is 16.6. The molecular weight excluding hydrogens is 318 g/mol. The molecule has 128 valence electrons. The minimum Gasteiger partial charge on any atom is -0.395 e. The molecular formula is C14H17N5O5. The Bertz CT molecular complexity index is 798. The monoisotopic (exact) mass is 335 g/mol. The molecule has 0 spiro atoms. The van der Waals surface area contributed by atoms with Gasteiger partial charge in [-0.1, -0.05) is 5.92 Å². The van der Waals surface area contributed by atoms with Crippen molar-refractivity contribution in [3.63, 3.8) is 0 Å². The number of nitrogens with two attached hydrogens (primary N) is 1. The van der Waals surface area contributed by atoms with Crippen molar-refractivity contribution in [1.29, 1.82) is 0 Å². The Balaban J connectivity index is 2.02. The van der Waals surface area contributed by atoms with Gasteiger partial charge >= 0.3 is 0 Å². The summed E-state index contributed by atoms with van der Waals surface area (Å²) in [6, 6.07) is 0. The topological polar surface area (TPSA) is 160 Å². The van der Waals surface area contributed by atoms with Crippen LogP contribution >= 0.6 is 0 Å². The second kappa shape index (κ2) is 6.68. The van der Waals surface area contributed by atoms with Crippen molar-refractivity contribution in [2.45, 2.75) is 31.0 Å². The molecule has 24 heavy (non-hydrogen) atoms. The smallest absolute Gasteiger partial charge is 0.208 e. The molecule has 1 aliphatic heterocycles. The molecule has 10 nitrogen and oxygen atoms in total. The summed E-state index contributed by atoms with van der Waals surface area (Å²) >= 11 is 0. The summed E-state index contributed by atoms with van der Waals surface area (Å²) < 4.78 is 6.88. The van der Waals surface area contributed by atoms with E-state index in [0.29, 0.717) is 5.52 Å². The third kappa shape index (κ3) is 2.79. The van der Waals surface area contributed by atoms with Crippen LogP contribution in [-0.4, -0.2) is 71.5 Å². The van der Waals surface area contributed by atoms with Gasteiger partial charge in [0, 0.05) is 6.42 Å². The molecule has 4 atom stereocenters. The van der Waals surface area contributed by atoms with E-state index in [-0.39, 0.29) is 30.3 Å². The van der Waals surface area contributed by atoms with Gasteiger partial charge in [0.05, 0.1) is 19.5 Å². The molecule has 1 saturated heterocycles. The summed E-state index contributed by atoms with van der Waals surface area (Å²) in [5.41, 5.74) is 6.44. The lowest BCUT2D eigenvalue weighted by molar-refractivity contribution is -0.0511.